The summed E-state index contributed by atoms with van der Waals surface area (Å²) in [5.74, 6) is -0.119. The van der Waals surface area contributed by atoms with Gasteiger partial charge in [0.1, 0.15) is 6.61 Å². The highest BCUT2D eigenvalue weighted by Gasteiger charge is 2.26. The van der Waals surface area contributed by atoms with E-state index in [2.05, 4.69) is 22.8 Å². The van der Waals surface area contributed by atoms with E-state index in [-0.39, 0.29) is 5.97 Å². The number of esters is 1. The van der Waals surface area contributed by atoms with Gasteiger partial charge in [-0.15, -0.1) is 0 Å². The largest absolute Gasteiger partial charge is 0.463 e. The van der Waals surface area contributed by atoms with Crippen LogP contribution in [0.2, 0.25) is 0 Å². The maximum Gasteiger partial charge on any atom is 0.311 e. The maximum atomic E-state index is 11.9. The summed E-state index contributed by atoms with van der Waals surface area (Å²) in [5.41, 5.74) is 0.784. The van der Waals surface area contributed by atoms with Gasteiger partial charge in [-0.25, -0.2) is 0 Å². The van der Waals surface area contributed by atoms with Crippen LogP contribution in [0.1, 0.15) is 27.2 Å². The van der Waals surface area contributed by atoms with Gasteiger partial charge in [0, 0.05) is 11.7 Å². The van der Waals surface area contributed by atoms with Crippen LogP contribution in [0, 0.1) is 5.41 Å². The normalized spacial score (nSPS) is 11.7. The summed E-state index contributed by atoms with van der Waals surface area (Å²) in [4.78, 5) is 11.9. The van der Waals surface area contributed by atoms with Crippen molar-refractivity contribution in [2.45, 2.75) is 33.7 Å². The predicted octanol–water partition coefficient (Wildman–Crippen LogP) is 3.62. The SMILES string of the molecule is CCC(C)(C)C(=O)OCCn1ccc2ccccc21. The second-order valence-corrected chi connectivity index (χ2v) is 5.44. The molecule has 3 nitrogen and oxygen atoms in total. The molecular formula is C16H21NO2. The van der Waals surface area contributed by atoms with Crippen LogP contribution in [-0.4, -0.2) is 17.1 Å². The van der Waals surface area contributed by atoms with E-state index in [0.29, 0.717) is 13.2 Å². The fourth-order valence-corrected chi connectivity index (χ4v) is 1.91. The van der Waals surface area contributed by atoms with Crippen LogP contribution in [0.3, 0.4) is 0 Å². The molecule has 0 aliphatic heterocycles. The van der Waals surface area contributed by atoms with Crippen LogP contribution >= 0.6 is 0 Å². The molecule has 19 heavy (non-hydrogen) atoms. The Morgan fingerprint density at radius 1 is 1.26 bits per heavy atom. The first-order valence-corrected chi connectivity index (χ1v) is 6.75. The highest BCUT2D eigenvalue weighted by molar-refractivity contribution is 5.80. The van der Waals surface area contributed by atoms with Gasteiger partial charge in [-0.05, 0) is 37.8 Å². The lowest BCUT2D eigenvalue weighted by atomic mass is 9.91. The van der Waals surface area contributed by atoms with Crippen molar-refractivity contribution in [2.75, 3.05) is 6.61 Å². The molecule has 1 heterocycles. The number of hydrogen-bond acceptors (Lipinski definition) is 2. The summed E-state index contributed by atoms with van der Waals surface area (Å²) >= 11 is 0. The quantitative estimate of drug-likeness (QED) is 0.768. The van der Waals surface area contributed by atoms with Crippen molar-refractivity contribution in [2.24, 2.45) is 5.41 Å². The van der Waals surface area contributed by atoms with E-state index in [4.69, 9.17) is 4.74 Å². The van der Waals surface area contributed by atoms with Crippen LogP contribution in [-0.2, 0) is 16.1 Å². The Balaban J connectivity index is 1.95. The third-order valence-corrected chi connectivity index (χ3v) is 3.68. The zero-order valence-corrected chi connectivity index (χ0v) is 11.8. The third kappa shape index (κ3) is 2.98. The van der Waals surface area contributed by atoms with E-state index in [1.807, 2.05) is 39.1 Å². The van der Waals surface area contributed by atoms with Crippen molar-refractivity contribution in [3.8, 4) is 0 Å². The molecule has 102 valence electrons. The van der Waals surface area contributed by atoms with E-state index in [0.717, 1.165) is 6.42 Å². The van der Waals surface area contributed by atoms with Gasteiger partial charge in [0.15, 0.2) is 0 Å². The van der Waals surface area contributed by atoms with Gasteiger partial charge >= 0.3 is 5.97 Å². The summed E-state index contributed by atoms with van der Waals surface area (Å²) in [6.45, 7) is 6.95. The van der Waals surface area contributed by atoms with Crippen LogP contribution in [0.5, 0.6) is 0 Å². The summed E-state index contributed by atoms with van der Waals surface area (Å²) in [6.07, 6.45) is 2.82. The van der Waals surface area contributed by atoms with E-state index in [1.165, 1.54) is 10.9 Å². The van der Waals surface area contributed by atoms with Crippen molar-refractivity contribution in [3.63, 3.8) is 0 Å². The number of fused-ring (bicyclic) bond motifs is 1. The van der Waals surface area contributed by atoms with E-state index < -0.39 is 5.41 Å². The zero-order valence-electron chi connectivity index (χ0n) is 11.8. The Bertz CT molecular complexity index is 569. The fourth-order valence-electron chi connectivity index (χ4n) is 1.91. The summed E-state index contributed by atoms with van der Waals surface area (Å²) in [5, 5.41) is 1.21. The summed E-state index contributed by atoms with van der Waals surface area (Å²) < 4.78 is 7.47. The Labute approximate surface area is 114 Å². The molecule has 1 aromatic heterocycles. The second-order valence-electron chi connectivity index (χ2n) is 5.44. The fraction of sp³-hybridized carbons (Fsp3) is 0.438. The minimum Gasteiger partial charge on any atom is -0.463 e. The third-order valence-electron chi connectivity index (χ3n) is 3.68. The van der Waals surface area contributed by atoms with Crippen molar-refractivity contribution in [1.29, 1.82) is 0 Å². The Morgan fingerprint density at radius 3 is 2.74 bits per heavy atom. The van der Waals surface area contributed by atoms with Crippen LogP contribution < -0.4 is 0 Å². The highest BCUT2D eigenvalue weighted by Crippen LogP contribution is 2.21. The van der Waals surface area contributed by atoms with E-state index >= 15 is 0 Å². The first-order valence-electron chi connectivity index (χ1n) is 6.75. The van der Waals surface area contributed by atoms with Crippen molar-refractivity contribution in [3.05, 3.63) is 36.5 Å². The number of hydrogen-bond donors (Lipinski definition) is 0. The highest BCUT2D eigenvalue weighted by atomic mass is 16.5. The molecule has 0 aliphatic rings. The first kappa shape index (κ1) is 13.7. The maximum absolute atomic E-state index is 11.9. The lowest BCUT2D eigenvalue weighted by molar-refractivity contribution is -0.154. The molecule has 0 fully saturated rings. The van der Waals surface area contributed by atoms with Crippen LogP contribution in [0.4, 0.5) is 0 Å². The van der Waals surface area contributed by atoms with Gasteiger partial charge in [0.25, 0.3) is 0 Å². The Morgan fingerprint density at radius 2 is 2.00 bits per heavy atom. The number of carbonyl (C=O) groups excluding carboxylic acids is 1. The van der Waals surface area contributed by atoms with Gasteiger partial charge in [-0.3, -0.25) is 4.79 Å². The lowest BCUT2D eigenvalue weighted by Gasteiger charge is -2.20. The van der Waals surface area contributed by atoms with Crippen LogP contribution in [0.25, 0.3) is 10.9 Å². The average molecular weight is 259 g/mol. The molecule has 0 amide bonds. The standard InChI is InChI=1S/C16H21NO2/c1-4-16(2,3)15(18)19-12-11-17-10-9-13-7-5-6-8-14(13)17/h5-10H,4,11-12H2,1-3H3. The molecule has 3 heteroatoms. The predicted molar refractivity (Wildman–Crippen MR) is 77.0 cm³/mol. The summed E-state index contributed by atoms with van der Waals surface area (Å²) in [7, 11) is 0. The topological polar surface area (TPSA) is 31.2 Å². The number of benzene rings is 1. The van der Waals surface area contributed by atoms with Gasteiger partial charge in [0.2, 0.25) is 0 Å². The zero-order chi connectivity index (χ0) is 13.9. The number of carbonyl (C=O) groups is 1. The van der Waals surface area contributed by atoms with Gasteiger partial charge < -0.3 is 9.30 Å². The number of rotatable bonds is 5. The molecule has 0 saturated heterocycles. The first-order chi connectivity index (χ1) is 9.04. The molecule has 2 aromatic rings. The van der Waals surface area contributed by atoms with E-state index in [1.54, 1.807) is 0 Å². The Kier molecular flexibility index (Phi) is 3.93. The molecule has 2 rings (SSSR count). The molecule has 0 bridgehead atoms. The minimum atomic E-state index is -0.390. The molecule has 0 atom stereocenters. The number of aromatic nitrogens is 1. The molecule has 0 aliphatic carbocycles. The molecule has 0 saturated carbocycles. The van der Waals surface area contributed by atoms with Crippen molar-refractivity contribution in [1.82, 2.24) is 4.57 Å². The number of para-hydroxylation sites is 1. The molecular weight excluding hydrogens is 238 g/mol. The molecule has 0 N–H and O–H groups in total. The van der Waals surface area contributed by atoms with Crippen molar-refractivity contribution < 1.29 is 9.53 Å². The van der Waals surface area contributed by atoms with Crippen molar-refractivity contribution >= 4 is 16.9 Å². The second kappa shape index (κ2) is 5.47. The van der Waals surface area contributed by atoms with Gasteiger partial charge in [-0.2, -0.15) is 0 Å². The lowest BCUT2D eigenvalue weighted by Crippen LogP contribution is -2.26. The van der Waals surface area contributed by atoms with Gasteiger partial charge in [0.05, 0.1) is 12.0 Å². The van der Waals surface area contributed by atoms with E-state index in [9.17, 15) is 4.79 Å². The monoisotopic (exact) mass is 259 g/mol. The molecule has 1 aromatic carbocycles. The molecule has 0 spiro atoms. The number of ether oxygens (including phenoxy) is 1. The molecule has 0 radical (unpaired) electrons. The average Bonchev–Trinajstić information content (AvgIpc) is 2.82. The molecule has 0 unspecified atom stereocenters. The number of nitrogens with zero attached hydrogens (tertiary/aromatic N) is 1. The summed E-state index contributed by atoms with van der Waals surface area (Å²) in [6, 6.07) is 10.3. The Hall–Kier alpha value is -1.77. The van der Waals surface area contributed by atoms with Gasteiger partial charge in [-0.1, -0.05) is 25.1 Å². The smallest absolute Gasteiger partial charge is 0.311 e. The van der Waals surface area contributed by atoms with Crippen LogP contribution in [0.15, 0.2) is 36.5 Å². The minimum absolute atomic E-state index is 0.119.